The van der Waals surface area contributed by atoms with E-state index >= 15 is 0 Å². The van der Waals surface area contributed by atoms with Gasteiger partial charge in [0.15, 0.2) is 5.37 Å². The van der Waals surface area contributed by atoms with Crippen molar-refractivity contribution in [2.45, 2.75) is 30.0 Å². The zero-order chi connectivity index (χ0) is 18.9. The molecule has 8 nitrogen and oxygen atoms in total. The summed E-state index contributed by atoms with van der Waals surface area (Å²) in [6.45, 7) is 3.45. The third-order valence-corrected chi connectivity index (χ3v) is 7.31. The summed E-state index contributed by atoms with van der Waals surface area (Å²) in [4.78, 5) is 12.5. The van der Waals surface area contributed by atoms with Gasteiger partial charge < -0.3 is 16.4 Å². The van der Waals surface area contributed by atoms with Crippen LogP contribution in [-0.2, 0) is 9.84 Å². The summed E-state index contributed by atoms with van der Waals surface area (Å²) in [5.74, 6) is 0. The second-order valence-electron chi connectivity index (χ2n) is 6.49. The number of nitrogens with two attached hydrogens (primary N) is 1. The highest BCUT2D eigenvalue weighted by molar-refractivity contribution is 7.92. The van der Waals surface area contributed by atoms with Gasteiger partial charge in [0.1, 0.15) is 0 Å². The molecule has 2 heterocycles. The number of sulfone groups is 1. The fraction of sp³-hybridized carbons (Fsp3) is 0.500. The number of hydrogen-bond donors (Lipinski definition) is 3. The maximum absolute atomic E-state index is 13.5. The first-order chi connectivity index (χ1) is 12.3. The van der Waals surface area contributed by atoms with Gasteiger partial charge in [-0.2, -0.15) is 10.1 Å². The fourth-order valence-electron chi connectivity index (χ4n) is 3.46. The summed E-state index contributed by atoms with van der Waals surface area (Å²) in [5.41, 5.74) is 5.27. The predicted molar refractivity (Wildman–Crippen MR) is 101 cm³/mol. The molecule has 1 unspecified atom stereocenters. The first kappa shape index (κ1) is 18.9. The summed E-state index contributed by atoms with van der Waals surface area (Å²) in [6.07, 6.45) is 2.75. The van der Waals surface area contributed by atoms with Gasteiger partial charge in [0.25, 0.3) is 0 Å². The molecular weight excluding hydrogens is 378 g/mol. The highest BCUT2D eigenvalue weighted by Crippen LogP contribution is 2.43. The number of carbonyl (C=O) groups is 1. The molecule has 3 rings (SSSR count). The van der Waals surface area contributed by atoms with Crippen molar-refractivity contribution in [3.05, 3.63) is 23.2 Å². The Morgan fingerprint density at radius 3 is 2.77 bits per heavy atom. The molecule has 26 heavy (non-hydrogen) atoms. The lowest BCUT2D eigenvalue weighted by molar-refractivity contribution is 0.167. The van der Waals surface area contributed by atoms with Gasteiger partial charge in [0.2, 0.25) is 9.84 Å². The molecule has 0 radical (unpaired) electrons. The number of benzene rings is 1. The lowest BCUT2D eigenvalue weighted by atomic mass is 9.80. The van der Waals surface area contributed by atoms with Crippen LogP contribution in [0.15, 0.2) is 28.2 Å². The SMILES string of the molecule is CCNC(=O)N1N=CC2(CCNCC2)C1S(=O)(=O)c1ccc(N)c(Cl)c1. The van der Waals surface area contributed by atoms with Crippen LogP contribution in [0.2, 0.25) is 5.02 Å². The maximum Gasteiger partial charge on any atom is 0.339 e. The number of amides is 2. The molecule has 0 aliphatic carbocycles. The summed E-state index contributed by atoms with van der Waals surface area (Å²) >= 11 is 6.03. The van der Waals surface area contributed by atoms with Crippen molar-refractivity contribution >= 4 is 39.4 Å². The van der Waals surface area contributed by atoms with Gasteiger partial charge in [-0.1, -0.05) is 11.6 Å². The predicted octanol–water partition coefficient (Wildman–Crippen LogP) is 1.42. The molecule has 1 saturated heterocycles. The number of nitrogen functional groups attached to an aromatic ring is 1. The van der Waals surface area contributed by atoms with E-state index in [9.17, 15) is 13.2 Å². The van der Waals surface area contributed by atoms with Crippen LogP contribution in [0, 0.1) is 5.41 Å². The minimum absolute atomic E-state index is 0.0272. The van der Waals surface area contributed by atoms with E-state index in [0.717, 1.165) is 5.01 Å². The Labute approximate surface area is 157 Å². The molecule has 1 atom stereocenters. The van der Waals surface area contributed by atoms with Crippen LogP contribution in [0.1, 0.15) is 19.8 Å². The van der Waals surface area contributed by atoms with Crippen molar-refractivity contribution in [1.29, 1.82) is 0 Å². The van der Waals surface area contributed by atoms with Crippen LogP contribution < -0.4 is 16.4 Å². The second-order valence-corrected chi connectivity index (χ2v) is 8.90. The van der Waals surface area contributed by atoms with E-state index in [2.05, 4.69) is 15.7 Å². The van der Waals surface area contributed by atoms with E-state index in [1.165, 1.54) is 18.2 Å². The van der Waals surface area contributed by atoms with Gasteiger partial charge in [0.05, 0.1) is 15.6 Å². The van der Waals surface area contributed by atoms with Gasteiger partial charge in [-0.15, -0.1) is 0 Å². The molecule has 2 aliphatic rings. The summed E-state index contributed by atoms with van der Waals surface area (Å²) < 4.78 is 26.9. The number of carbonyl (C=O) groups excluding carboxylic acids is 1. The Balaban J connectivity index is 2.07. The highest BCUT2D eigenvalue weighted by atomic mass is 35.5. The Kier molecular flexibility index (Phi) is 5.14. The third-order valence-electron chi connectivity index (χ3n) is 4.82. The first-order valence-electron chi connectivity index (χ1n) is 8.44. The quantitative estimate of drug-likeness (QED) is 0.664. The van der Waals surface area contributed by atoms with Gasteiger partial charge in [-0.3, -0.25) is 0 Å². The largest absolute Gasteiger partial charge is 0.398 e. The zero-order valence-corrected chi connectivity index (χ0v) is 16.0. The molecule has 0 saturated carbocycles. The van der Waals surface area contributed by atoms with Gasteiger partial charge in [-0.25, -0.2) is 13.2 Å². The van der Waals surface area contributed by atoms with E-state index in [4.69, 9.17) is 17.3 Å². The molecule has 1 aromatic rings. The Bertz CT molecular complexity index is 836. The normalized spacial score (nSPS) is 21.9. The molecule has 1 fully saturated rings. The Morgan fingerprint density at radius 1 is 1.46 bits per heavy atom. The average Bonchev–Trinajstić information content (AvgIpc) is 2.97. The van der Waals surface area contributed by atoms with Crippen LogP contribution >= 0.6 is 11.6 Å². The number of halogens is 1. The molecule has 142 valence electrons. The zero-order valence-electron chi connectivity index (χ0n) is 14.4. The van der Waals surface area contributed by atoms with E-state index in [0.29, 0.717) is 38.2 Å². The minimum Gasteiger partial charge on any atom is -0.398 e. The first-order valence-corrected chi connectivity index (χ1v) is 10.4. The molecule has 10 heteroatoms. The molecule has 0 aromatic heterocycles. The number of hydrazone groups is 1. The molecule has 2 amide bonds. The van der Waals surface area contributed by atoms with Crippen LogP contribution in [0.4, 0.5) is 10.5 Å². The van der Waals surface area contributed by atoms with Crippen molar-refractivity contribution in [3.8, 4) is 0 Å². The van der Waals surface area contributed by atoms with Crippen LogP contribution in [0.5, 0.6) is 0 Å². The fourth-order valence-corrected chi connectivity index (χ4v) is 5.83. The van der Waals surface area contributed by atoms with Crippen LogP contribution in [0.3, 0.4) is 0 Å². The van der Waals surface area contributed by atoms with Crippen molar-refractivity contribution in [2.75, 3.05) is 25.4 Å². The van der Waals surface area contributed by atoms with Gasteiger partial charge in [-0.05, 0) is 51.1 Å². The van der Waals surface area contributed by atoms with E-state index in [1.807, 2.05) is 0 Å². The molecule has 4 N–H and O–H groups in total. The van der Waals surface area contributed by atoms with Crippen molar-refractivity contribution in [2.24, 2.45) is 10.5 Å². The number of rotatable bonds is 3. The number of anilines is 1. The minimum atomic E-state index is -3.93. The lowest BCUT2D eigenvalue weighted by Gasteiger charge is -2.38. The monoisotopic (exact) mass is 399 g/mol. The number of nitrogens with zero attached hydrogens (tertiary/aromatic N) is 2. The Hall–Kier alpha value is -1.84. The number of hydrogen-bond acceptors (Lipinski definition) is 6. The van der Waals surface area contributed by atoms with Gasteiger partial charge in [0, 0.05) is 18.2 Å². The third kappa shape index (κ3) is 3.15. The number of nitrogens with one attached hydrogen (secondary N) is 2. The molecule has 1 aromatic carbocycles. The molecule has 0 bridgehead atoms. The van der Waals surface area contributed by atoms with Crippen molar-refractivity contribution in [1.82, 2.24) is 15.6 Å². The topological polar surface area (TPSA) is 117 Å². The highest BCUT2D eigenvalue weighted by Gasteiger charge is 2.55. The lowest BCUT2D eigenvalue weighted by Crippen LogP contribution is -2.54. The molecule has 1 spiro atoms. The Morgan fingerprint density at radius 2 is 2.15 bits per heavy atom. The van der Waals surface area contributed by atoms with Crippen molar-refractivity contribution in [3.63, 3.8) is 0 Å². The maximum atomic E-state index is 13.5. The van der Waals surface area contributed by atoms with Crippen LogP contribution in [0.25, 0.3) is 0 Å². The average molecular weight is 400 g/mol. The van der Waals surface area contributed by atoms with Crippen LogP contribution in [-0.4, -0.2) is 50.7 Å². The molecular formula is C16H22ClN5O3S. The summed E-state index contributed by atoms with van der Waals surface area (Å²) in [5, 5.41) is 10.1. The second kappa shape index (κ2) is 7.05. The number of piperidine rings is 1. The smallest absolute Gasteiger partial charge is 0.339 e. The van der Waals surface area contributed by atoms with E-state index in [1.54, 1.807) is 13.1 Å². The standard InChI is InChI=1S/C16H22ClN5O3S/c1-2-20-15(23)22-14(16(10-21-22)5-7-19-8-6-16)26(24,25)11-3-4-13(18)12(17)9-11/h3-4,9-10,14,19H,2,5-8,18H2,1H3,(H,20,23). The van der Waals surface area contributed by atoms with Crippen molar-refractivity contribution < 1.29 is 13.2 Å². The van der Waals surface area contributed by atoms with E-state index < -0.39 is 26.7 Å². The number of urea groups is 1. The summed E-state index contributed by atoms with van der Waals surface area (Å²) in [7, 11) is -3.93. The van der Waals surface area contributed by atoms with E-state index in [-0.39, 0.29) is 9.92 Å². The van der Waals surface area contributed by atoms with Gasteiger partial charge >= 0.3 is 6.03 Å². The molecule has 2 aliphatic heterocycles. The summed E-state index contributed by atoms with van der Waals surface area (Å²) in [6, 6.07) is 3.67.